The van der Waals surface area contributed by atoms with Crippen molar-refractivity contribution in [2.45, 2.75) is 6.61 Å². The molecule has 17 heavy (non-hydrogen) atoms. The lowest BCUT2D eigenvalue weighted by Gasteiger charge is -2.06. The van der Waals surface area contributed by atoms with Crippen LogP contribution in [0.1, 0.15) is 5.56 Å². The van der Waals surface area contributed by atoms with E-state index in [1.165, 1.54) is 0 Å². The first-order valence-electron chi connectivity index (χ1n) is 5.29. The van der Waals surface area contributed by atoms with E-state index in [4.69, 9.17) is 4.74 Å². The molecule has 0 aliphatic carbocycles. The van der Waals surface area contributed by atoms with Gasteiger partial charge in [0, 0.05) is 23.3 Å². The van der Waals surface area contributed by atoms with E-state index in [0.717, 1.165) is 21.6 Å². The van der Waals surface area contributed by atoms with E-state index >= 15 is 0 Å². The predicted octanol–water partition coefficient (Wildman–Crippen LogP) is 3.46. The Bertz CT molecular complexity index is 468. The molecule has 0 atom stereocenters. The lowest BCUT2D eigenvalue weighted by Crippen LogP contribution is -1.97. The molecule has 4 heteroatoms. The van der Waals surface area contributed by atoms with Crippen LogP contribution in [-0.4, -0.2) is 12.0 Å². The number of aromatic nitrogens is 1. The largest absolute Gasteiger partial charge is 0.489 e. The van der Waals surface area contributed by atoms with Crippen LogP contribution in [0.25, 0.3) is 0 Å². The first-order chi connectivity index (χ1) is 8.28. The molecule has 1 aromatic carbocycles. The molecule has 0 fully saturated rings. The molecule has 0 saturated carbocycles. The number of halogens is 1. The van der Waals surface area contributed by atoms with Gasteiger partial charge in [0.25, 0.3) is 0 Å². The number of hydrogen-bond donors (Lipinski definition) is 1. The summed E-state index contributed by atoms with van der Waals surface area (Å²) in [4.78, 5) is 4.22. The van der Waals surface area contributed by atoms with E-state index < -0.39 is 0 Å². The number of benzene rings is 1. The summed E-state index contributed by atoms with van der Waals surface area (Å²) in [5.74, 6) is 1.71. The Balaban J connectivity index is 1.95. The van der Waals surface area contributed by atoms with Crippen LogP contribution in [-0.2, 0) is 6.61 Å². The van der Waals surface area contributed by atoms with Crippen molar-refractivity contribution in [1.82, 2.24) is 4.98 Å². The van der Waals surface area contributed by atoms with Gasteiger partial charge in [-0.2, -0.15) is 0 Å². The van der Waals surface area contributed by atoms with Gasteiger partial charge in [0.1, 0.15) is 18.2 Å². The average molecular weight is 293 g/mol. The molecule has 2 rings (SSSR count). The van der Waals surface area contributed by atoms with Crippen molar-refractivity contribution in [3.05, 3.63) is 52.6 Å². The standard InChI is InChI=1S/C13H13BrN2O/c1-15-13-7-2-10(8-16-13)9-17-12-5-3-11(14)4-6-12/h2-8H,9H2,1H3,(H,15,16). The van der Waals surface area contributed by atoms with Gasteiger partial charge in [0.05, 0.1) is 0 Å². The second-order valence-electron chi connectivity index (χ2n) is 3.54. The zero-order valence-corrected chi connectivity index (χ0v) is 11.1. The topological polar surface area (TPSA) is 34.1 Å². The van der Waals surface area contributed by atoms with Crippen molar-refractivity contribution in [1.29, 1.82) is 0 Å². The lowest BCUT2D eigenvalue weighted by molar-refractivity contribution is 0.306. The SMILES string of the molecule is CNc1ccc(COc2ccc(Br)cc2)cn1. The minimum Gasteiger partial charge on any atom is -0.489 e. The van der Waals surface area contributed by atoms with Crippen molar-refractivity contribution < 1.29 is 4.74 Å². The Morgan fingerprint density at radius 2 is 1.94 bits per heavy atom. The monoisotopic (exact) mass is 292 g/mol. The molecule has 3 nitrogen and oxygen atoms in total. The smallest absolute Gasteiger partial charge is 0.125 e. The fourth-order valence-corrected chi connectivity index (χ4v) is 1.62. The van der Waals surface area contributed by atoms with Crippen molar-refractivity contribution in [3.63, 3.8) is 0 Å². The van der Waals surface area contributed by atoms with Crippen molar-refractivity contribution >= 4 is 21.7 Å². The molecule has 0 aliphatic rings. The zero-order valence-electron chi connectivity index (χ0n) is 9.48. The quantitative estimate of drug-likeness (QED) is 0.937. The Kier molecular flexibility index (Phi) is 3.98. The molecule has 2 aromatic rings. The number of nitrogens with one attached hydrogen (secondary N) is 1. The van der Waals surface area contributed by atoms with E-state index in [9.17, 15) is 0 Å². The molecule has 1 aromatic heterocycles. The van der Waals surface area contributed by atoms with Crippen LogP contribution in [0.5, 0.6) is 5.75 Å². The Labute approximate surface area is 109 Å². The number of pyridine rings is 1. The van der Waals surface area contributed by atoms with Gasteiger partial charge in [-0.15, -0.1) is 0 Å². The normalized spacial score (nSPS) is 10.0. The van der Waals surface area contributed by atoms with Gasteiger partial charge >= 0.3 is 0 Å². The van der Waals surface area contributed by atoms with Crippen LogP contribution in [0.4, 0.5) is 5.82 Å². The summed E-state index contributed by atoms with van der Waals surface area (Å²) in [5, 5.41) is 2.98. The number of rotatable bonds is 4. The molecule has 0 bridgehead atoms. The van der Waals surface area contributed by atoms with Crippen LogP contribution in [0.15, 0.2) is 47.1 Å². The first-order valence-corrected chi connectivity index (χ1v) is 6.08. The summed E-state index contributed by atoms with van der Waals surface area (Å²) in [5.41, 5.74) is 1.05. The zero-order chi connectivity index (χ0) is 12.1. The maximum absolute atomic E-state index is 5.64. The van der Waals surface area contributed by atoms with Gasteiger partial charge in [-0.05, 0) is 30.3 Å². The van der Waals surface area contributed by atoms with E-state index in [2.05, 4.69) is 26.2 Å². The van der Waals surface area contributed by atoms with Gasteiger partial charge in [-0.1, -0.05) is 22.0 Å². The summed E-state index contributed by atoms with van der Waals surface area (Å²) in [6, 6.07) is 11.7. The van der Waals surface area contributed by atoms with E-state index in [0.29, 0.717) is 6.61 Å². The Morgan fingerprint density at radius 1 is 1.18 bits per heavy atom. The summed E-state index contributed by atoms with van der Waals surface area (Å²) < 4.78 is 6.69. The third kappa shape index (κ3) is 3.46. The molecule has 0 saturated heterocycles. The maximum Gasteiger partial charge on any atom is 0.125 e. The summed E-state index contributed by atoms with van der Waals surface area (Å²) >= 11 is 3.38. The Morgan fingerprint density at radius 3 is 2.53 bits per heavy atom. The number of anilines is 1. The molecule has 0 radical (unpaired) electrons. The second kappa shape index (κ2) is 5.68. The molecule has 0 spiro atoms. The van der Waals surface area contributed by atoms with Gasteiger partial charge in [0.15, 0.2) is 0 Å². The summed E-state index contributed by atoms with van der Waals surface area (Å²) in [6.07, 6.45) is 1.81. The van der Waals surface area contributed by atoms with E-state index in [1.54, 1.807) is 0 Å². The minimum absolute atomic E-state index is 0.526. The van der Waals surface area contributed by atoms with Crippen LogP contribution >= 0.6 is 15.9 Å². The third-order valence-electron chi connectivity index (χ3n) is 2.30. The van der Waals surface area contributed by atoms with Crippen molar-refractivity contribution in [3.8, 4) is 5.75 Å². The van der Waals surface area contributed by atoms with Crippen LogP contribution in [0, 0.1) is 0 Å². The van der Waals surface area contributed by atoms with Crippen molar-refractivity contribution in [2.75, 3.05) is 12.4 Å². The maximum atomic E-state index is 5.64. The van der Waals surface area contributed by atoms with E-state index in [1.807, 2.05) is 49.6 Å². The second-order valence-corrected chi connectivity index (χ2v) is 4.46. The van der Waals surface area contributed by atoms with Crippen LogP contribution < -0.4 is 10.1 Å². The number of hydrogen-bond acceptors (Lipinski definition) is 3. The molecule has 0 amide bonds. The van der Waals surface area contributed by atoms with Gasteiger partial charge in [0.2, 0.25) is 0 Å². The highest BCUT2D eigenvalue weighted by atomic mass is 79.9. The fraction of sp³-hybridized carbons (Fsp3) is 0.154. The van der Waals surface area contributed by atoms with Crippen LogP contribution in [0.3, 0.4) is 0 Å². The molecule has 1 heterocycles. The molecule has 1 N–H and O–H groups in total. The number of nitrogens with zero attached hydrogens (tertiary/aromatic N) is 1. The highest BCUT2D eigenvalue weighted by molar-refractivity contribution is 9.10. The van der Waals surface area contributed by atoms with Gasteiger partial charge in [-0.25, -0.2) is 4.98 Å². The van der Waals surface area contributed by atoms with Crippen LogP contribution in [0.2, 0.25) is 0 Å². The predicted molar refractivity (Wildman–Crippen MR) is 72.3 cm³/mol. The average Bonchev–Trinajstić information content (AvgIpc) is 2.39. The van der Waals surface area contributed by atoms with Gasteiger partial charge < -0.3 is 10.1 Å². The molecule has 88 valence electrons. The number of ether oxygens (including phenoxy) is 1. The Hall–Kier alpha value is -1.55. The minimum atomic E-state index is 0.526. The fourth-order valence-electron chi connectivity index (χ4n) is 1.36. The van der Waals surface area contributed by atoms with Crippen molar-refractivity contribution in [2.24, 2.45) is 0 Å². The highest BCUT2D eigenvalue weighted by Crippen LogP contribution is 2.17. The summed E-state index contributed by atoms with van der Waals surface area (Å²) in [6.45, 7) is 0.526. The molecular weight excluding hydrogens is 280 g/mol. The van der Waals surface area contributed by atoms with E-state index in [-0.39, 0.29) is 0 Å². The summed E-state index contributed by atoms with van der Waals surface area (Å²) in [7, 11) is 1.85. The van der Waals surface area contributed by atoms with Gasteiger partial charge in [-0.3, -0.25) is 0 Å². The lowest BCUT2D eigenvalue weighted by atomic mass is 10.3. The molecule has 0 aliphatic heterocycles. The molecular formula is C13H13BrN2O. The molecule has 0 unspecified atom stereocenters. The third-order valence-corrected chi connectivity index (χ3v) is 2.83. The highest BCUT2D eigenvalue weighted by Gasteiger charge is 1.97. The first kappa shape index (κ1) is 11.9.